The van der Waals surface area contributed by atoms with E-state index in [0.29, 0.717) is 24.8 Å². The molecule has 0 amide bonds. The zero-order valence-corrected chi connectivity index (χ0v) is 12.2. The van der Waals surface area contributed by atoms with Gasteiger partial charge < -0.3 is 14.5 Å². The number of nitrogens with one attached hydrogen (secondary N) is 1. The maximum absolute atomic E-state index is 11.7. The normalized spacial score (nSPS) is 10.6. The van der Waals surface area contributed by atoms with Crippen LogP contribution in [0.5, 0.6) is 5.88 Å². The van der Waals surface area contributed by atoms with Crippen molar-refractivity contribution < 1.29 is 14.3 Å². The number of hydrogen-bond donors (Lipinski definition) is 1. The summed E-state index contributed by atoms with van der Waals surface area (Å²) >= 11 is 0. The number of carbonyl (C=O) groups is 1. The summed E-state index contributed by atoms with van der Waals surface area (Å²) in [5.74, 6) is 0.149. The standard InChI is InChI=1S/C17H16N2O3/c1-2-21-17(20)14-8-13-9-16(18-10-15(13)19-14)22-11-12-6-4-3-5-7-12/h3-10,19H,2,11H2,1H3. The number of aromatic amines is 1. The fraction of sp³-hybridized carbons (Fsp3) is 0.176. The molecular weight excluding hydrogens is 280 g/mol. The van der Waals surface area contributed by atoms with Gasteiger partial charge in [-0.3, -0.25) is 0 Å². The van der Waals surface area contributed by atoms with Crippen molar-refractivity contribution in [1.82, 2.24) is 9.97 Å². The molecule has 0 fully saturated rings. The molecular formula is C17H16N2O3. The fourth-order valence-corrected chi connectivity index (χ4v) is 2.14. The average molecular weight is 296 g/mol. The number of hydrogen-bond acceptors (Lipinski definition) is 4. The molecule has 2 heterocycles. The molecule has 3 rings (SSSR count). The van der Waals surface area contributed by atoms with Gasteiger partial charge in [0.2, 0.25) is 5.88 Å². The number of carbonyl (C=O) groups excluding carboxylic acids is 1. The third-order valence-electron chi connectivity index (χ3n) is 3.20. The van der Waals surface area contributed by atoms with Crippen LogP contribution in [0.25, 0.3) is 10.9 Å². The van der Waals surface area contributed by atoms with E-state index in [4.69, 9.17) is 9.47 Å². The van der Waals surface area contributed by atoms with Gasteiger partial charge in [-0.2, -0.15) is 0 Å². The van der Waals surface area contributed by atoms with Crippen LogP contribution in [0.1, 0.15) is 23.0 Å². The van der Waals surface area contributed by atoms with Crippen LogP contribution in [0, 0.1) is 0 Å². The van der Waals surface area contributed by atoms with Crippen molar-refractivity contribution in [3.05, 3.63) is 59.9 Å². The van der Waals surface area contributed by atoms with Gasteiger partial charge in [-0.1, -0.05) is 30.3 Å². The van der Waals surface area contributed by atoms with E-state index in [0.717, 1.165) is 16.5 Å². The lowest BCUT2D eigenvalue weighted by Crippen LogP contribution is -2.04. The maximum Gasteiger partial charge on any atom is 0.354 e. The Labute approximate surface area is 127 Å². The molecule has 0 aliphatic rings. The van der Waals surface area contributed by atoms with Gasteiger partial charge in [0.1, 0.15) is 12.3 Å². The Morgan fingerprint density at radius 3 is 2.82 bits per heavy atom. The molecule has 0 radical (unpaired) electrons. The molecule has 0 aliphatic heterocycles. The zero-order chi connectivity index (χ0) is 15.4. The second kappa shape index (κ2) is 6.30. The highest BCUT2D eigenvalue weighted by Crippen LogP contribution is 2.20. The van der Waals surface area contributed by atoms with Gasteiger partial charge in [0.15, 0.2) is 0 Å². The van der Waals surface area contributed by atoms with Gasteiger partial charge in [0, 0.05) is 11.5 Å². The van der Waals surface area contributed by atoms with Crippen LogP contribution in [0.3, 0.4) is 0 Å². The Bertz CT molecular complexity index is 781. The molecule has 0 saturated heterocycles. The molecule has 2 aromatic heterocycles. The Morgan fingerprint density at radius 2 is 2.05 bits per heavy atom. The summed E-state index contributed by atoms with van der Waals surface area (Å²) in [6, 6.07) is 13.4. The molecule has 0 bridgehead atoms. The van der Waals surface area contributed by atoms with Crippen LogP contribution >= 0.6 is 0 Å². The molecule has 112 valence electrons. The first-order valence-electron chi connectivity index (χ1n) is 7.09. The lowest BCUT2D eigenvalue weighted by atomic mass is 10.2. The Kier molecular flexibility index (Phi) is 4.05. The van der Waals surface area contributed by atoms with Gasteiger partial charge in [0.05, 0.1) is 18.3 Å². The number of H-pyrrole nitrogens is 1. The zero-order valence-electron chi connectivity index (χ0n) is 12.2. The largest absolute Gasteiger partial charge is 0.473 e. The highest BCUT2D eigenvalue weighted by Gasteiger charge is 2.11. The Balaban J connectivity index is 1.76. The molecule has 1 N–H and O–H groups in total. The summed E-state index contributed by atoms with van der Waals surface area (Å²) in [7, 11) is 0. The van der Waals surface area contributed by atoms with E-state index in [1.807, 2.05) is 30.3 Å². The molecule has 0 unspecified atom stereocenters. The van der Waals surface area contributed by atoms with Crippen LogP contribution in [-0.2, 0) is 11.3 Å². The summed E-state index contributed by atoms with van der Waals surface area (Å²) in [5.41, 5.74) is 2.26. The summed E-state index contributed by atoms with van der Waals surface area (Å²) in [5, 5.41) is 0.862. The highest BCUT2D eigenvalue weighted by atomic mass is 16.5. The predicted molar refractivity (Wildman–Crippen MR) is 82.8 cm³/mol. The van der Waals surface area contributed by atoms with Crippen molar-refractivity contribution in [2.75, 3.05) is 6.61 Å². The molecule has 0 atom stereocenters. The SMILES string of the molecule is CCOC(=O)c1cc2cc(OCc3ccccc3)ncc2[nH]1. The second-order valence-corrected chi connectivity index (χ2v) is 4.79. The van der Waals surface area contributed by atoms with Crippen LogP contribution < -0.4 is 4.74 Å². The van der Waals surface area contributed by atoms with Gasteiger partial charge in [-0.15, -0.1) is 0 Å². The van der Waals surface area contributed by atoms with E-state index in [2.05, 4.69) is 9.97 Å². The van der Waals surface area contributed by atoms with Crippen molar-refractivity contribution in [2.45, 2.75) is 13.5 Å². The van der Waals surface area contributed by atoms with Crippen LogP contribution in [0.4, 0.5) is 0 Å². The minimum atomic E-state index is -0.370. The minimum absolute atomic E-state index is 0.345. The van der Waals surface area contributed by atoms with E-state index in [1.165, 1.54) is 0 Å². The van der Waals surface area contributed by atoms with Crippen LogP contribution in [0.2, 0.25) is 0 Å². The summed E-state index contributed by atoms with van der Waals surface area (Å²) in [4.78, 5) is 18.9. The molecule has 0 aliphatic carbocycles. The first-order chi connectivity index (χ1) is 10.8. The molecule has 1 aromatic carbocycles. The van der Waals surface area contributed by atoms with E-state index < -0.39 is 0 Å². The highest BCUT2D eigenvalue weighted by molar-refractivity contribution is 5.94. The number of esters is 1. The quantitative estimate of drug-likeness (QED) is 0.734. The van der Waals surface area contributed by atoms with Gasteiger partial charge in [-0.25, -0.2) is 9.78 Å². The molecule has 5 heteroatoms. The van der Waals surface area contributed by atoms with E-state index in [-0.39, 0.29) is 5.97 Å². The molecule has 0 saturated carbocycles. The summed E-state index contributed by atoms with van der Waals surface area (Å²) in [6.07, 6.45) is 1.65. The number of aromatic nitrogens is 2. The molecule has 22 heavy (non-hydrogen) atoms. The van der Waals surface area contributed by atoms with E-state index >= 15 is 0 Å². The van der Waals surface area contributed by atoms with Gasteiger partial charge in [0.25, 0.3) is 0 Å². The van der Waals surface area contributed by atoms with Crippen molar-refractivity contribution in [3.63, 3.8) is 0 Å². The van der Waals surface area contributed by atoms with Gasteiger partial charge in [-0.05, 0) is 18.6 Å². The van der Waals surface area contributed by atoms with E-state index in [1.54, 1.807) is 25.3 Å². The monoisotopic (exact) mass is 296 g/mol. The molecule has 3 aromatic rings. The number of fused-ring (bicyclic) bond motifs is 1. The number of benzene rings is 1. The minimum Gasteiger partial charge on any atom is -0.473 e. The Morgan fingerprint density at radius 1 is 1.23 bits per heavy atom. The van der Waals surface area contributed by atoms with Crippen LogP contribution in [-0.4, -0.2) is 22.5 Å². The summed E-state index contributed by atoms with van der Waals surface area (Å²) < 4.78 is 10.6. The van der Waals surface area contributed by atoms with Crippen molar-refractivity contribution in [3.8, 4) is 5.88 Å². The number of ether oxygens (including phenoxy) is 2. The Hall–Kier alpha value is -2.82. The van der Waals surface area contributed by atoms with Crippen molar-refractivity contribution in [2.24, 2.45) is 0 Å². The lowest BCUT2D eigenvalue weighted by Gasteiger charge is -2.04. The number of nitrogens with zero attached hydrogens (tertiary/aromatic N) is 1. The predicted octanol–water partition coefficient (Wildman–Crippen LogP) is 3.32. The average Bonchev–Trinajstić information content (AvgIpc) is 2.97. The van der Waals surface area contributed by atoms with E-state index in [9.17, 15) is 4.79 Å². The van der Waals surface area contributed by atoms with Gasteiger partial charge >= 0.3 is 5.97 Å². The van der Waals surface area contributed by atoms with Crippen molar-refractivity contribution >= 4 is 16.9 Å². The maximum atomic E-state index is 11.7. The molecule has 5 nitrogen and oxygen atoms in total. The first-order valence-corrected chi connectivity index (χ1v) is 7.09. The smallest absolute Gasteiger partial charge is 0.354 e. The third kappa shape index (κ3) is 3.09. The second-order valence-electron chi connectivity index (χ2n) is 4.79. The molecule has 0 spiro atoms. The summed E-state index contributed by atoms with van der Waals surface area (Å²) in [6.45, 7) is 2.57. The lowest BCUT2D eigenvalue weighted by molar-refractivity contribution is 0.0520. The van der Waals surface area contributed by atoms with Crippen molar-refractivity contribution in [1.29, 1.82) is 0 Å². The first kappa shape index (κ1) is 14.1. The number of rotatable bonds is 5. The van der Waals surface area contributed by atoms with Crippen LogP contribution in [0.15, 0.2) is 48.7 Å². The third-order valence-corrected chi connectivity index (χ3v) is 3.20. The number of pyridine rings is 1. The fourth-order valence-electron chi connectivity index (χ4n) is 2.14. The topological polar surface area (TPSA) is 64.2 Å².